The molecule has 6 nitrogen and oxygen atoms in total. The van der Waals surface area contributed by atoms with E-state index in [-0.39, 0.29) is 30.4 Å². The molecule has 0 amide bonds. The van der Waals surface area contributed by atoms with E-state index in [1.54, 1.807) is 0 Å². The Morgan fingerprint density at radius 2 is 0.800 bits per heavy atom. The number of Topliss-reactive ketones (excluding diaryl/α,β-unsaturated/α-hetero) is 2. The Balaban J connectivity index is 0. The average Bonchev–Trinajstić information content (AvgIpc) is 3.07. The van der Waals surface area contributed by atoms with Crippen LogP contribution in [0.5, 0.6) is 0 Å². The van der Waals surface area contributed by atoms with Crippen LogP contribution in [0.25, 0.3) is 0 Å². The van der Waals surface area contributed by atoms with Gasteiger partial charge in [0.1, 0.15) is 24.4 Å². The van der Waals surface area contributed by atoms with Gasteiger partial charge >= 0.3 is 11.9 Å². The molecule has 50 heavy (non-hydrogen) atoms. The molecule has 0 aromatic rings. The predicted octanol–water partition coefficient (Wildman–Crippen LogP) is 13.4. The molecule has 0 radical (unpaired) electrons. The maximum absolute atomic E-state index is 11.2. The first-order valence-electron chi connectivity index (χ1n) is 21.0. The Bertz CT molecular complexity index is 762. The Morgan fingerprint density at radius 3 is 1.16 bits per heavy atom. The van der Waals surface area contributed by atoms with Gasteiger partial charge in [-0.3, -0.25) is 19.2 Å². The molecule has 0 saturated carbocycles. The van der Waals surface area contributed by atoms with Crippen molar-refractivity contribution in [2.24, 2.45) is 0 Å². The smallest absolute Gasteiger partial charge is 0.313 e. The number of aliphatic carboxylic acids is 1. The molecule has 0 saturated heterocycles. The fourth-order valence-electron chi connectivity index (χ4n) is 5.79. The van der Waals surface area contributed by atoms with Crippen LogP contribution >= 0.6 is 0 Å². The summed E-state index contributed by atoms with van der Waals surface area (Å²) < 4.78 is 5.00. The number of ketones is 2. The first-order chi connectivity index (χ1) is 24.3. The highest BCUT2D eigenvalue weighted by atomic mass is 16.5. The monoisotopic (exact) mass is 705 g/mol. The molecule has 0 aromatic heterocycles. The van der Waals surface area contributed by atoms with Gasteiger partial charge in [0, 0.05) is 6.42 Å². The molecule has 0 bridgehead atoms. The summed E-state index contributed by atoms with van der Waals surface area (Å²) in [6.45, 7) is 6.38. The summed E-state index contributed by atoms with van der Waals surface area (Å²) in [5.41, 5.74) is 0. The second-order valence-electron chi connectivity index (χ2n) is 14.2. The second-order valence-corrected chi connectivity index (χ2v) is 14.2. The van der Waals surface area contributed by atoms with Crippen molar-refractivity contribution in [3.63, 3.8) is 0 Å². The molecule has 0 rings (SSSR count). The van der Waals surface area contributed by atoms with Gasteiger partial charge in [-0.1, -0.05) is 160 Å². The normalized spacial score (nSPS) is 11.2. The van der Waals surface area contributed by atoms with E-state index in [0.717, 1.165) is 32.1 Å². The van der Waals surface area contributed by atoms with Gasteiger partial charge in [0.05, 0.1) is 6.61 Å². The number of carbonyl (C=O) groups is 4. The highest BCUT2D eigenvalue weighted by Gasteiger charge is 2.07. The Hall–Kier alpha value is -2.24. The zero-order valence-electron chi connectivity index (χ0n) is 33.1. The molecule has 0 heterocycles. The van der Waals surface area contributed by atoms with Crippen molar-refractivity contribution in [2.75, 3.05) is 6.61 Å². The minimum atomic E-state index is -1.01. The van der Waals surface area contributed by atoms with Crippen LogP contribution in [-0.2, 0) is 23.9 Å². The number of rotatable bonds is 37. The average molecular weight is 705 g/mol. The molecule has 0 aromatic carbocycles. The molecule has 0 aliphatic carbocycles. The van der Waals surface area contributed by atoms with E-state index < -0.39 is 5.97 Å². The lowest BCUT2D eigenvalue weighted by Gasteiger charge is -2.03. The molecular weight excluding hydrogens is 624 g/mol. The molecule has 0 spiro atoms. The third-order valence-electron chi connectivity index (χ3n) is 8.88. The summed E-state index contributed by atoms with van der Waals surface area (Å²) in [5, 5.41) is 8.50. The van der Waals surface area contributed by atoms with Crippen molar-refractivity contribution in [3.05, 3.63) is 24.3 Å². The number of carboxylic acid groups (broad SMARTS) is 1. The third-order valence-corrected chi connectivity index (χ3v) is 8.88. The number of unbranched alkanes of at least 4 members (excludes halogenated alkanes) is 25. The van der Waals surface area contributed by atoms with Gasteiger partial charge in [0.2, 0.25) is 0 Å². The Labute approximate surface area is 309 Å². The number of carbonyl (C=O) groups excluding carboxylic acids is 3. The van der Waals surface area contributed by atoms with Crippen molar-refractivity contribution in [1.82, 2.24) is 0 Å². The molecule has 0 aliphatic rings. The number of esters is 1. The van der Waals surface area contributed by atoms with Gasteiger partial charge in [-0.25, -0.2) is 0 Å². The summed E-state index contributed by atoms with van der Waals surface area (Å²) in [6, 6.07) is 0. The van der Waals surface area contributed by atoms with Gasteiger partial charge in [0.25, 0.3) is 0 Å². The van der Waals surface area contributed by atoms with Crippen LogP contribution in [0.1, 0.15) is 226 Å². The lowest BCUT2D eigenvalue weighted by Crippen LogP contribution is -2.09. The van der Waals surface area contributed by atoms with Crippen molar-refractivity contribution >= 4 is 23.5 Å². The van der Waals surface area contributed by atoms with Crippen molar-refractivity contribution in [2.45, 2.75) is 226 Å². The lowest BCUT2D eigenvalue weighted by molar-refractivity contribution is -0.146. The van der Waals surface area contributed by atoms with Crippen molar-refractivity contribution < 1.29 is 29.0 Å². The van der Waals surface area contributed by atoms with Gasteiger partial charge in [-0.05, 0) is 71.1 Å². The SMILES string of the molecule is CCCCCCCC/C=C\CCCCCCCCCC(=O)CC(=O)O.CCCCCCCC/C=C\CCCCCCCCOC(=O)CC(C)=O. The minimum absolute atomic E-state index is 0.0909. The van der Waals surface area contributed by atoms with E-state index in [1.807, 2.05) is 0 Å². The number of carboxylic acids is 1. The van der Waals surface area contributed by atoms with E-state index in [1.165, 1.54) is 161 Å². The maximum Gasteiger partial charge on any atom is 0.313 e. The molecule has 0 atom stereocenters. The Morgan fingerprint density at radius 1 is 0.460 bits per heavy atom. The van der Waals surface area contributed by atoms with Gasteiger partial charge in [0.15, 0.2) is 0 Å². The predicted molar refractivity (Wildman–Crippen MR) is 212 cm³/mol. The molecule has 0 unspecified atom stereocenters. The van der Waals surface area contributed by atoms with Crippen LogP contribution in [0, 0.1) is 0 Å². The molecule has 292 valence electrons. The first-order valence-corrected chi connectivity index (χ1v) is 21.0. The largest absolute Gasteiger partial charge is 0.481 e. The molecule has 0 aliphatic heterocycles. The van der Waals surface area contributed by atoms with Crippen molar-refractivity contribution in [3.8, 4) is 0 Å². The zero-order chi connectivity index (χ0) is 37.2. The summed E-state index contributed by atoms with van der Waals surface area (Å²) >= 11 is 0. The second kappa shape index (κ2) is 42.9. The first kappa shape index (κ1) is 49.9. The van der Waals surface area contributed by atoms with E-state index in [2.05, 4.69) is 38.2 Å². The minimum Gasteiger partial charge on any atom is -0.481 e. The van der Waals surface area contributed by atoms with E-state index in [9.17, 15) is 19.2 Å². The Kier molecular flexibility index (Phi) is 42.8. The van der Waals surface area contributed by atoms with Crippen molar-refractivity contribution in [1.29, 1.82) is 0 Å². The topological polar surface area (TPSA) is 97.7 Å². The van der Waals surface area contributed by atoms with Crippen LogP contribution in [0.2, 0.25) is 0 Å². The van der Waals surface area contributed by atoms with Crippen LogP contribution in [0.3, 0.4) is 0 Å². The van der Waals surface area contributed by atoms with E-state index in [4.69, 9.17) is 9.84 Å². The molecule has 0 fully saturated rings. The maximum atomic E-state index is 11.2. The third kappa shape index (κ3) is 47.9. The number of allylic oxidation sites excluding steroid dienone is 4. The van der Waals surface area contributed by atoms with Gasteiger partial charge in [-0.15, -0.1) is 0 Å². The zero-order valence-corrected chi connectivity index (χ0v) is 33.1. The number of hydrogen-bond donors (Lipinski definition) is 1. The fourth-order valence-corrected chi connectivity index (χ4v) is 5.79. The van der Waals surface area contributed by atoms with Crippen LogP contribution in [0.15, 0.2) is 24.3 Å². The van der Waals surface area contributed by atoms with Crippen LogP contribution in [0.4, 0.5) is 0 Å². The number of hydrogen-bond acceptors (Lipinski definition) is 5. The van der Waals surface area contributed by atoms with E-state index in [0.29, 0.717) is 13.0 Å². The highest BCUT2D eigenvalue weighted by molar-refractivity contribution is 5.94. The van der Waals surface area contributed by atoms with Gasteiger partial charge < -0.3 is 9.84 Å². The quantitative estimate of drug-likeness (QED) is 0.0299. The summed E-state index contributed by atoms with van der Waals surface area (Å²) in [5.74, 6) is -1.67. The highest BCUT2D eigenvalue weighted by Crippen LogP contribution is 2.13. The summed E-state index contributed by atoms with van der Waals surface area (Å²) in [6.07, 6.45) is 46.0. The standard InChI is InChI=1S/2C22H40O3/c1-3-4-5-6-7-8-9-10-11-12-13-14-15-16-17-18-19-25-22(24)20-21(2)23;1-2-3-4-5-6-7-8-9-10-11-12-13-14-15-16-17-18-19-21(23)20-22(24)25/h10-11H,3-9,12-20H2,1-2H3;9-10H,2-8,11-20H2,1H3,(H,24,25)/b11-10-;10-9-. The molecular formula is C44H80O6. The fraction of sp³-hybridized carbons (Fsp3) is 0.818. The van der Waals surface area contributed by atoms with Crippen LogP contribution in [-0.4, -0.2) is 35.2 Å². The van der Waals surface area contributed by atoms with Crippen LogP contribution < -0.4 is 0 Å². The summed E-state index contributed by atoms with van der Waals surface area (Å²) in [4.78, 5) is 43.5. The number of ether oxygens (including phenoxy) is 1. The van der Waals surface area contributed by atoms with E-state index >= 15 is 0 Å². The molecule has 6 heteroatoms. The lowest BCUT2D eigenvalue weighted by atomic mass is 10.0. The molecule has 1 N–H and O–H groups in total. The summed E-state index contributed by atoms with van der Waals surface area (Å²) in [7, 11) is 0. The van der Waals surface area contributed by atoms with Gasteiger partial charge in [-0.2, -0.15) is 0 Å².